The number of allylic oxidation sites excluding steroid dienone is 1. The summed E-state index contributed by atoms with van der Waals surface area (Å²) in [6, 6.07) is 0. The van der Waals surface area contributed by atoms with Crippen LogP contribution in [0.15, 0.2) is 11.1 Å². The maximum Gasteiger partial charge on any atom is 0.333 e. The van der Waals surface area contributed by atoms with Crippen LogP contribution in [0.4, 0.5) is 0 Å². The van der Waals surface area contributed by atoms with Crippen LogP contribution in [0.25, 0.3) is 0 Å². The third-order valence-electron chi connectivity index (χ3n) is 3.46. The molecule has 2 saturated carbocycles. The van der Waals surface area contributed by atoms with Crippen LogP contribution < -0.4 is 0 Å². The minimum Gasteiger partial charge on any atom is -0.466 e. The first-order valence-electron chi connectivity index (χ1n) is 5.78. The molecule has 2 nitrogen and oxygen atoms in total. The quantitative estimate of drug-likeness (QED) is 0.490. The second kappa shape index (κ2) is 5.34. The van der Waals surface area contributed by atoms with Crippen LogP contribution in [0.1, 0.15) is 46.5 Å². The molecule has 2 unspecified atom stereocenters. The topological polar surface area (TPSA) is 26.3 Å². The van der Waals surface area contributed by atoms with Crippen molar-refractivity contribution in [3.8, 4) is 0 Å². The summed E-state index contributed by atoms with van der Waals surface area (Å²) in [5.41, 5.74) is 1.69. The molecule has 2 aliphatic carbocycles. The second-order valence-corrected chi connectivity index (χ2v) is 4.80. The zero-order valence-corrected chi connectivity index (χ0v) is 10.3. The minimum absolute atomic E-state index is 0.241. The highest BCUT2D eigenvalue weighted by atomic mass is 16.5. The summed E-state index contributed by atoms with van der Waals surface area (Å²) in [5, 5.41) is 0. The minimum atomic E-state index is -0.241. The molecular formula is C13H22O2. The number of carbonyl (C=O) groups is 1. The number of ether oxygens (including phenoxy) is 1. The van der Waals surface area contributed by atoms with Gasteiger partial charge in [0.2, 0.25) is 0 Å². The molecule has 86 valence electrons. The molecule has 0 saturated heterocycles. The van der Waals surface area contributed by atoms with E-state index in [2.05, 4.69) is 4.74 Å². The highest BCUT2D eigenvalue weighted by Crippen LogP contribution is 2.51. The fourth-order valence-corrected chi connectivity index (χ4v) is 2.02. The second-order valence-electron chi connectivity index (χ2n) is 4.80. The molecule has 0 spiro atoms. The van der Waals surface area contributed by atoms with Crippen molar-refractivity contribution in [2.24, 2.45) is 11.8 Å². The molecule has 0 aromatic rings. The van der Waals surface area contributed by atoms with Gasteiger partial charge in [-0.2, -0.15) is 0 Å². The predicted molar refractivity (Wildman–Crippen MR) is 61.5 cm³/mol. The Morgan fingerprint density at radius 1 is 1.13 bits per heavy atom. The lowest BCUT2D eigenvalue weighted by atomic mass is 10.2. The number of fused-ring (bicyclic) bond motifs is 1. The molecule has 0 bridgehead atoms. The van der Waals surface area contributed by atoms with Gasteiger partial charge in [-0.15, -0.1) is 0 Å². The van der Waals surface area contributed by atoms with Crippen LogP contribution in [0.2, 0.25) is 0 Å². The van der Waals surface area contributed by atoms with Crippen molar-refractivity contribution in [2.45, 2.75) is 46.5 Å². The molecule has 2 fully saturated rings. The van der Waals surface area contributed by atoms with Crippen molar-refractivity contribution >= 4 is 5.97 Å². The van der Waals surface area contributed by atoms with Gasteiger partial charge in [0.1, 0.15) is 0 Å². The molecule has 0 aromatic carbocycles. The van der Waals surface area contributed by atoms with Crippen molar-refractivity contribution in [2.75, 3.05) is 7.11 Å². The molecule has 2 atom stereocenters. The summed E-state index contributed by atoms with van der Waals surface area (Å²) < 4.78 is 4.48. The normalized spacial score (nSPS) is 25.9. The maximum atomic E-state index is 10.7. The average molecular weight is 210 g/mol. The van der Waals surface area contributed by atoms with Crippen molar-refractivity contribution in [3.05, 3.63) is 11.1 Å². The first kappa shape index (κ1) is 12.3. The number of carbonyl (C=O) groups excluding carboxylic acids is 1. The van der Waals surface area contributed by atoms with E-state index in [1.807, 2.05) is 13.8 Å². The molecule has 0 radical (unpaired) electrons. The van der Waals surface area contributed by atoms with E-state index in [-0.39, 0.29) is 5.97 Å². The Labute approximate surface area is 92.7 Å². The van der Waals surface area contributed by atoms with E-state index in [0.29, 0.717) is 5.57 Å². The molecule has 2 heteroatoms. The highest BCUT2D eigenvalue weighted by Gasteiger charge is 2.40. The summed E-state index contributed by atoms with van der Waals surface area (Å²) in [7, 11) is 1.38. The van der Waals surface area contributed by atoms with Gasteiger partial charge in [0.25, 0.3) is 0 Å². The molecule has 15 heavy (non-hydrogen) atoms. The smallest absolute Gasteiger partial charge is 0.333 e. The molecule has 0 N–H and O–H groups in total. The molecule has 0 amide bonds. The van der Waals surface area contributed by atoms with Crippen molar-refractivity contribution in [1.82, 2.24) is 0 Å². The van der Waals surface area contributed by atoms with E-state index in [0.717, 1.165) is 5.57 Å². The monoisotopic (exact) mass is 210 g/mol. The largest absolute Gasteiger partial charge is 0.466 e. The van der Waals surface area contributed by atoms with Gasteiger partial charge in [0, 0.05) is 5.57 Å². The summed E-state index contributed by atoms with van der Waals surface area (Å²) in [6.45, 7) is 5.51. The Bertz CT molecular complexity index is 254. The van der Waals surface area contributed by atoms with Crippen LogP contribution in [-0.2, 0) is 9.53 Å². The Kier molecular flexibility index (Phi) is 4.37. The van der Waals surface area contributed by atoms with Gasteiger partial charge in [-0.3, -0.25) is 0 Å². The van der Waals surface area contributed by atoms with E-state index >= 15 is 0 Å². The lowest BCUT2D eigenvalue weighted by Gasteiger charge is -1.98. The van der Waals surface area contributed by atoms with Gasteiger partial charge in [0.15, 0.2) is 0 Å². The van der Waals surface area contributed by atoms with Crippen LogP contribution in [0.5, 0.6) is 0 Å². The summed E-state index contributed by atoms with van der Waals surface area (Å²) in [4.78, 5) is 10.7. The van der Waals surface area contributed by atoms with Crippen molar-refractivity contribution in [1.29, 1.82) is 0 Å². The van der Waals surface area contributed by atoms with Crippen LogP contribution in [-0.4, -0.2) is 13.1 Å². The summed E-state index contributed by atoms with van der Waals surface area (Å²) in [6.07, 6.45) is 6.24. The number of rotatable bonds is 1. The van der Waals surface area contributed by atoms with Gasteiger partial charge < -0.3 is 4.74 Å². The average Bonchev–Trinajstić information content (AvgIpc) is 2.84. The van der Waals surface area contributed by atoms with Gasteiger partial charge in [-0.05, 0) is 39.0 Å². The molecule has 2 aliphatic rings. The van der Waals surface area contributed by atoms with E-state index in [1.165, 1.54) is 25.4 Å². The number of hydrogen-bond acceptors (Lipinski definition) is 2. The third-order valence-corrected chi connectivity index (χ3v) is 3.46. The zero-order valence-electron chi connectivity index (χ0n) is 10.3. The first-order valence-corrected chi connectivity index (χ1v) is 5.78. The fraction of sp³-hybridized carbons (Fsp3) is 0.769. The standard InChI is InChI=1S/C7H12O2.C6H10/c1-5(2)6(3)7(8)9-4;1-2-5-4-6(5)3-1/h1-4H3;5-6H,1-4H2. The highest BCUT2D eigenvalue weighted by molar-refractivity contribution is 5.88. The molecular weight excluding hydrogens is 188 g/mol. The lowest BCUT2D eigenvalue weighted by Crippen LogP contribution is -2.02. The molecule has 2 rings (SSSR count). The zero-order chi connectivity index (χ0) is 11.4. The first-order chi connectivity index (χ1) is 7.06. The molecule has 0 aliphatic heterocycles. The van der Waals surface area contributed by atoms with Crippen LogP contribution in [0, 0.1) is 11.8 Å². The molecule has 0 heterocycles. The van der Waals surface area contributed by atoms with Gasteiger partial charge in [0.05, 0.1) is 7.11 Å². The fourth-order valence-electron chi connectivity index (χ4n) is 2.02. The van der Waals surface area contributed by atoms with Gasteiger partial charge in [-0.25, -0.2) is 4.79 Å². The summed E-state index contributed by atoms with van der Waals surface area (Å²) >= 11 is 0. The number of hydrogen-bond donors (Lipinski definition) is 0. The molecule has 0 aromatic heterocycles. The van der Waals surface area contributed by atoms with E-state index in [4.69, 9.17) is 0 Å². The van der Waals surface area contributed by atoms with Gasteiger partial charge >= 0.3 is 5.97 Å². The van der Waals surface area contributed by atoms with Crippen molar-refractivity contribution in [3.63, 3.8) is 0 Å². The Hall–Kier alpha value is -0.790. The Morgan fingerprint density at radius 3 is 1.80 bits per heavy atom. The third kappa shape index (κ3) is 3.69. The Morgan fingerprint density at radius 2 is 1.67 bits per heavy atom. The predicted octanol–water partition coefficient (Wildman–Crippen LogP) is 3.32. The van der Waals surface area contributed by atoms with E-state index in [9.17, 15) is 4.79 Å². The SMILES string of the molecule is C1CC2CC2C1.COC(=O)C(C)=C(C)C. The Balaban J connectivity index is 0.000000158. The lowest BCUT2D eigenvalue weighted by molar-refractivity contribution is -0.136. The number of esters is 1. The maximum absolute atomic E-state index is 10.7. The number of methoxy groups -OCH3 is 1. The van der Waals surface area contributed by atoms with Crippen LogP contribution in [0.3, 0.4) is 0 Å². The van der Waals surface area contributed by atoms with E-state index in [1.54, 1.807) is 26.2 Å². The van der Waals surface area contributed by atoms with Crippen molar-refractivity contribution < 1.29 is 9.53 Å². The summed E-state index contributed by atoms with van der Waals surface area (Å²) in [5.74, 6) is 2.19. The van der Waals surface area contributed by atoms with Crippen LogP contribution >= 0.6 is 0 Å². The van der Waals surface area contributed by atoms with Gasteiger partial charge in [-0.1, -0.05) is 24.8 Å². The van der Waals surface area contributed by atoms with E-state index < -0.39 is 0 Å².